The van der Waals surface area contributed by atoms with Crippen LogP contribution in [-0.4, -0.2) is 47.5 Å². The molecule has 0 bridgehead atoms. The lowest BCUT2D eigenvalue weighted by Crippen LogP contribution is -2.36. The second-order valence-corrected chi connectivity index (χ2v) is 6.81. The molecule has 1 aliphatic heterocycles. The molecular formula is C18H19ClN6O4. The molecule has 3 rings (SSSR count). The zero-order valence-electron chi connectivity index (χ0n) is 15.4. The van der Waals surface area contributed by atoms with E-state index in [1.807, 2.05) is 4.90 Å². The quantitative estimate of drug-likeness (QED) is 0.183. The maximum absolute atomic E-state index is 12.7. The summed E-state index contributed by atoms with van der Waals surface area (Å²) in [5.74, 6) is 4.74. The van der Waals surface area contributed by atoms with Crippen molar-refractivity contribution in [3.63, 3.8) is 0 Å². The Kier molecular flexibility index (Phi) is 6.55. The number of aliphatic carboxylic acids is 1. The fourth-order valence-corrected chi connectivity index (χ4v) is 3.30. The summed E-state index contributed by atoms with van der Waals surface area (Å²) in [5.41, 5.74) is 0.548. The van der Waals surface area contributed by atoms with Gasteiger partial charge in [-0.2, -0.15) is 10.2 Å². The summed E-state index contributed by atoms with van der Waals surface area (Å²) in [4.78, 5) is 25.2. The van der Waals surface area contributed by atoms with Crippen molar-refractivity contribution < 1.29 is 19.2 Å². The van der Waals surface area contributed by atoms with Crippen molar-refractivity contribution in [3.8, 4) is 0 Å². The lowest BCUT2D eigenvalue weighted by molar-refractivity contribution is -0.135. The van der Waals surface area contributed by atoms with Crippen LogP contribution in [0.3, 0.4) is 0 Å². The highest BCUT2D eigenvalue weighted by Crippen LogP contribution is 2.28. The second kappa shape index (κ2) is 9.28. The molecule has 1 aromatic carbocycles. The molecule has 10 nitrogen and oxygen atoms in total. The molecule has 1 aliphatic rings. The van der Waals surface area contributed by atoms with Crippen LogP contribution >= 0.6 is 11.6 Å². The topological polar surface area (TPSA) is 147 Å². The fourth-order valence-electron chi connectivity index (χ4n) is 3.07. The van der Waals surface area contributed by atoms with Crippen LogP contribution in [0.2, 0.25) is 5.02 Å². The van der Waals surface area contributed by atoms with Crippen LogP contribution in [0.5, 0.6) is 0 Å². The van der Waals surface area contributed by atoms with E-state index in [2.05, 4.69) is 20.5 Å². The number of halogens is 1. The first kappa shape index (κ1) is 20.5. The Hall–Kier alpha value is -3.27. The molecule has 1 saturated heterocycles. The largest absolute Gasteiger partial charge is 0.480 e. The Balaban J connectivity index is 1.62. The van der Waals surface area contributed by atoms with Gasteiger partial charge in [0.2, 0.25) is 11.6 Å². The number of carboxylic acids is 1. The zero-order chi connectivity index (χ0) is 20.8. The van der Waals surface area contributed by atoms with Gasteiger partial charge in [0.1, 0.15) is 0 Å². The average molecular weight is 419 g/mol. The fraction of sp³-hybridized carbons (Fsp3) is 0.333. The van der Waals surface area contributed by atoms with Gasteiger partial charge in [0.05, 0.1) is 5.02 Å². The number of aromatic nitrogens is 1. The third kappa shape index (κ3) is 4.96. The number of carbonyl (C=O) groups excluding carboxylic acids is 1. The Bertz CT molecular complexity index is 949. The Morgan fingerprint density at radius 2 is 2.03 bits per heavy atom. The van der Waals surface area contributed by atoms with Crippen molar-refractivity contribution in [1.82, 2.24) is 5.16 Å². The molecule has 1 fully saturated rings. The van der Waals surface area contributed by atoms with Crippen LogP contribution in [-0.2, 0) is 4.79 Å². The van der Waals surface area contributed by atoms with Crippen LogP contribution in [0.25, 0.3) is 0 Å². The maximum Gasteiger partial charge on any atom is 0.327 e. The van der Waals surface area contributed by atoms with E-state index >= 15 is 0 Å². The SMILES string of the molecule is NN=C(N=NCC(=O)O)c1cc(N2CCC(C(=O)c3ccccc3Cl)CC2)no1. The first-order chi connectivity index (χ1) is 14.0. The number of nitrogens with two attached hydrogens (primary N) is 1. The van der Waals surface area contributed by atoms with Crippen molar-refractivity contribution in [2.24, 2.45) is 27.1 Å². The van der Waals surface area contributed by atoms with Gasteiger partial charge in [0.25, 0.3) is 0 Å². The molecule has 0 amide bonds. The second-order valence-electron chi connectivity index (χ2n) is 6.40. The first-order valence-electron chi connectivity index (χ1n) is 8.87. The summed E-state index contributed by atoms with van der Waals surface area (Å²) in [5, 5.41) is 23.6. The summed E-state index contributed by atoms with van der Waals surface area (Å²) in [6.45, 7) is 0.720. The first-order valence-corrected chi connectivity index (χ1v) is 9.25. The Labute approximate surface area is 171 Å². The predicted molar refractivity (Wildman–Crippen MR) is 105 cm³/mol. The third-order valence-corrected chi connectivity index (χ3v) is 4.87. The Morgan fingerprint density at radius 3 is 2.69 bits per heavy atom. The molecule has 11 heteroatoms. The van der Waals surface area contributed by atoms with E-state index < -0.39 is 12.5 Å². The minimum atomic E-state index is -1.13. The number of carboxylic acid groups (broad SMARTS) is 1. The summed E-state index contributed by atoms with van der Waals surface area (Å²) >= 11 is 6.14. The number of azo groups is 1. The summed E-state index contributed by atoms with van der Waals surface area (Å²) in [6, 6.07) is 8.65. The normalized spacial score (nSPS) is 15.8. The predicted octanol–water partition coefficient (Wildman–Crippen LogP) is 2.58. The number of carbonyl (C=O) groups is 2. The minimum Gasteiger partial charge on any atom is -0.480 e. The summed E-state index contributed by atoms with van der Waals surface area (Å²) in [7, 11) is 0. The van der Waals surface area contributed by atoms with E-state index in [0.29, 0.717) is 42.3 Å². The zero-order valence-corrected chi connectivity index (χ0v) is 16.1. The number of amidine groups is 1. The van der Waals surface area contributed by atoms with E-state index in [1.165, 1.54) is 0 Å². The van der Waals surface area contributed by atoms with Crippen molar-refractivity contribution in [3.05, 3.63) is 46.7 Å². The molecule has 0 aliphatic carbocycles. The molecule has 29 heavy (non-hydrogen) atoms. The maximum atomic E-state index is 12.7. The number of hydrogen-bond acceptors (Lipinski definition) is 8. The van der Waals surface area contributed by atoms with Crippen LogP contribution in [0.4, 0.5) is 5.82 Å². The smallest absolute Gasteiger partial charge is 0.327 e. The molecule has 2 heterocycles. The summed E-state index contributed by atoms with van der Waals surface area (Å²) in [6.07, 6.45) is 1.31. The van der Waals surface area contributed by atoms with Gasteiger partial charge in [0, 0.05) is 30.6 Å². The molecular weight excluding hydrogens is 400 g/mol. The highest BCUT2D eigenvalue weighted by molar-refractivity contribution is 6.34. The molecule has 152 valence electrons. The number of anilines is 1. The number of Topliss-reactive ketones (excluding diaryl/α,β-unsaturated/α-hetero) is 1. The van der Waals surface area contributed by atoms with Gasteiger partial charge in [-0.1, -0.05) is 28.9 Å². The third-order valence-electron chi connectivity index (χ3n) is 4.54. The Morgan fingerprint density at radius 1 is 1.31 bits per heavy atom. The van der Waals surface area contributed by atoms with Gasteiger partial charge in [-0.15, -0.1) is 5.11 Å². The van der Waals surface area contributed by atoms with Crippen molar-refractivity contribution in [1.29, 1.82) is 0 Å². The van der Waals surface area contributed by atoms with E-state index in [1.54, 1.807) is 30.3 Å². The molecule has 0 atom stereocenters. The van der Waals surface area contributed by atoms with Crippen molar-refractivity contribution in [2.45, 2.75) is 12.8 Å². The van der Waals surface area contributed by atoms with Crippen LogP contribution in [0.15, 0.2) is 50.2 Å². The number of ketones is 1. The average Bonchev–Trinajstić information content (AvgIpc) is 3.21. The highest BCUT2D eigenvalue weighted by Gasteiger charge is 2.28. The molecule has 0 radical (unpaired) electrons. The van der Waals surface area contributed by atoms with E-state index in [9.17, 15) is 9.59 Å². The van der Waals surface area contributed by atoms with Gasteiger partial charge >= 0.3 is 5.97 Å². The minimum absolute atomic E-state index is 0.0486. The van der Waals surface area contributed by atoms with Crippen molar-refractivity contribution >= 4 is 35.0 Å². The van der Waals surface area contributed by atoms with Crippen molar-refractivity contribution in [2.75, 3.05) is 24.5 Å². The lowest BCUT2D eigenvalue weighted by Gasteiger charge is -2.31. The van der Waals surface area contributed by atoms with Gasteiger partial charge in [-0.25, -0.2) is 0 Å². The number of benzene rings is 1. The van der Waals surface area contributed by atoms with Crippen LogP contribution in [0, 0.1) is 5.92 Å². The van der Waals surface area contributed by atoms with Crippen LogP contribution < -0.4 is 10.7 Å². The molecule has 1 aromatic heterocycles. The van der Waals surface area contributed by atoms with E-state index in [4.69, 9.17) is 27.1 Å². The van der Waals surface area contributed by atoms with E-state index in [0.717, 1.165) is 0 Å². The molecule has 2 aromatic rings. The number of hydrazone groups is 1. The van der Waals surface area contributed by atoms with Gasteiger partial charge in [0.15, 0.2) is 18.1 Å². The number of nitrogens with zero attached hydrogens (tertiary/aromatic N) is 5. The molecule has 0 unspecified atom stereocenters. The highest BCUT2D eigenvalue weighted by atomic mass is 35.5. The standard InChI is InChI=1S/C18H19ClN6O4/c19-13-4-2-1-3-12(13)17(28)11-5-7-25(8-6-11)15-9-14(29-24-15)18(22-20)23-21-10-16(26)27/h1-4,9,11H,5-8,10,20H2,(H,26,27). The van der Waals surface area contributed by atoms with Gasteiger partial charge in [-0.05, 0) is 25.0 Å². The summed E-state index contributed by atoms with van der Waals surface area (Å²) < 4.78 is 5.20. The van der Waals surface area contributed by atoms with Gasteiger partial charge in [-0.3, -0.25) is 9.59 Å². The number of rotatable bonds is 6. The molecule has 0 saturated carbocycles. The van der Waals surface area contributed by atoms with E-state index in [-0.39, 0.29) is 23.3 Å². The van der Waals surface area contributed by atoms with Gasteiger partial charge < -0.3 is 20.4 Å². The number of piperidine rings is 1. The number of hydrogen-bond donors (Lipinski definition) is 2. The monoisotopic (exact) mass is 418 g/mol. The molecule has 3 N–H and O–H groups in total. The van der Waals surface area contributed by atoms with Crippen LogP contribution in [0.1, 0.15) is 29.0 Å². The molecule has 0 spiro atoms. The lowest BCUT2D eigenvalue weighted by atomic mass is 9.89.